The maximum Gasteiger partial charge on any atom is 0.173 e. The molecule has 33 heavy (non-hydrogen) atoms. The zero-order valence-electron chi connectivity index (χ0n) is 18.3. The van der Waals surface area contributed by atoms with E-state index in [2.05, 4.69) is 48.9 Å². The van der Waals surface area contributed by atoms with E-state index < -0.39 is 0 Å². The van der Waals surface area contributed by atoms with Crippen LogP contribution in [0, 0.1) is 5.82 Å². The number of nitrogens with zero attached hydrogens (tertiary/aromatic N) is 6. The summed E-state index contributed by atoms with van der Waals surface area (Å²) in [5.41, 5.74) is 1.75. The van der Waals surface area contributed by atoms with Gasteiger partial charge in [0.05, 0.1) is 25.4 Å². The van der Waals surface area contributed by atoms with Crippen molar-refractivity contribution in [3.63, 3.8) is 0 Å². The standard InChI is InChI=1S/C24H25FN6OS/c1-32-19-10-8-18(9-11-19)23(24-26-27-28-31(24)17-20-5-4-16-33-20)30-14-12-29(13-15-30)22-7-3-2-6-21(22)25/h2-11,16,23H,12-15,17H2,1H3. The highest BCUT2D eigenvalue weighted by Crippen LogP contribution is 2.31. The number of ether oxygens (including phenoxy) is 1. The molecule has 1 aliphatic rings. The van der Waals surface area contributed by atoms with Gasteiger partial charge in [-0.25, -0.2) is 9.07 Å². The molecule has 1 aliphatic heterocycles. The summed E-state index contributed by atoms with van der Waals surface area (Å²) >= 11 is 1.69. The average Bonchev–Trinajstić information content (AvgIpc) is 3.54. The van der Waals surface area contributed by atoms with Crippen LogP contribution in [0.2, 0.25) is 0 Å². The summed E-state index contributed by atoms with van der Waals surface area (Å²) in [6, 6.07) is 19.0. The monoisotopic (exact) mass is 464 g/mol. The van der Waals surface area contributed by atoms with E-state index >= 15 is 0 Å². The van der Waals surface area contributed by atoms with Gasteiger partial charge in [-0.3, -0.25) is 4.90 Å². The van der Waals surface area contributed by atoms with Gasteiger partial charge in [-0.15, -0.1) is 16.4 Å². The predicted molar refractivity (Wildman–Crippen MR) is 126 cm³/mol. The fourth-order valence-corrected chi connectivity index (χ4v) is 4.99. The minimum Gasteiger partial charge on any atom is -0.497 e. The lowest BCUT2D eigenvalue weighted by atomic mass is 10.0. The number of anilines is 1. The first-order chi connectivity index (χ1) is 16.2. The molecule has 4 aromatic rings. The van der Waals surface area contributed by atoms with Crippen molar-refractivity contribution in [1.29, 1.82) is 0 Å². The summed E-state index contributed by atoms with van der Waals surface area (Å²) in [4.78, 5) is 5.67. The number of methoxy groups -OCH3 is 1. The van der Waals surface area contributed by atoms with Gasteiger partial charge in [0.25, 0.3) is 0 Å². The summed E-state index contributed by atoms with van der Waals surface area (Å²) < 4.78 is 21.6. The number of para-hydroxylation sites is 1. The molecule has 2 aromatic heterocycles. The summed E-state index contributed by atoms with van der Waals surface area (Å²) in [5, 5.41) is 14.8. The van der Waals surface area contributed by atoms with Crippen molar-refractivity contribution >= 4 is 17.0 Å². The minimum atomic E-state index is -0.183. The molecule has 3 heterocycles. The maximum absolute atomic E-state index is 14.3. The Hall–Kier alpha value is -3.30. The Morgan fingerprint density at radius 3 is 2.48 bits per heavy atom. The molecular weight excluding hydrogens is 439 g/mol. The molecule has 2 aromatic carbocycles. The largest absolute Gasteiger partial charge is 0.497 e. The fraction of sp³-hybridized carbons (Fsp3) is 0.292. The van der Waals surface area contributed by atoms with Gasteiger partial charge in [0.2, 0.25) is 0 Å². The van der Waals surface area contributed by atoms with Gasteiger partial charge in [-0.05, 0) is 51.7 Å². The van der Waals surface area contributed by atoms with Gasteiger partial charge in [0.1, 0.15) is 11.6 Å². The molecule has 7 nitrogen and oxygen atoms in total. The Morgan fingerprint density at radius 2 is 1.79 bits per heavy atom. The van der Waals surface area contributed by atoms with E-state index in [1.165, 1.54) is 10.9 Å². The van der Waals surface area contributed by atoms with Crippen LogP contribution in [0.25, 0.3) is 0 Å². The van der Waals surface area contributed by atoms with Crippen molar-refractivity contribution in [3.05, 3.63) is 88.1 Å². The van der Waals surface area contributed by atoms with Crippen LogP contribution in [0.3, 0.4) is 0 Å². The Kier molecular flexibility index (Phi) is 6.32. The van der Waals surface area contributed by atoms with Crippen LogP contribution in [0.5, 0.6) is 5.75 Å². The molecule has 1 unspecified atom stereocenters. The number of rotatable bonds is 7. The Bertz CT molecular complexity index is 1170. The molecule has 5 rings (SSSR count). The lowest BCUT2D eigenvalue weighted by molar-refractivity contribution is 0.201. The second kappa shape index (κ2) is 9.68. The third-order valence-electron chi connectivity index (χ3n) is 5.99. The number of hydrogen-bond donors (Lipinski definition) is 0. The second-order valence-corrected chi connectivity index (χ2v) is 8.96. The molecule has 0 amide bonds. The molecule has 0 aliphatic carbocycles. The third-order valence-corrected chi connectivity index (χ3v) is 6.86. The molecule has 1 saturated heterocycles. The molecule has 0 saturated carbocycles. The van der Waals surface area contributed by atoms with E-state index in [-0.39, 0.29) is 11.9 Å². The molecular formula is C24H25FN6OS. The van der Waals surface area contributed by atoms with E-state index in [0.717, 1.165) is 43.3 Å². The van der Waals surface area contributed by atoms with Crippen LogP contribution in [-0.4, -0.2) is 58.4 Å². The molecule has 1 fully saturated rings. The van der Waals surface area contributed by atoms with Crippen molar-refractivity contribution < 1.29 is 9.13 Å². The van der Waals surface area contributed by atoms with Gasteiger partial charge in [-0.2, -0.15) is 0 Å². The highest BCUT2D eigenvalue weighted by molar-refractivity contribution is 7.09. The SMILES string of the molecule is COc1ccc(C(c2nnnn2Cc2cccs2)N2CCN(c3ccccc3F)CC2)cc1. The first-order valence-corrected chi connectivity index (χ1v) is 11.8. The number of thiophene rings is 1. The highest BCUT2D eigenvalue weighted by atomic mass is 32.1. The average molecular weight is 465 g/mol. The van der Waals surface area contributed by atoms with Gasteiger partial charge in [0.15, 0.2) is 5.82 Å². The van der Waals surface area contributed by atoms with Gasteiger partial charge in [-0.1, -0.05) is 30.3 Å². The van der Waals surface area contributed by atoms with Gasteiger partial charge in [0, 0.05) is 31.1 Å². The van der Waals surface area contributed by atoms with Crippen molar-refractivity contribution in [2.45, 2.75) is 12.6 Å². The quantitative estimate of drug-likeness (QED) is 0.414. The number of benzene rings is 2. The van der Waals surface area contributed by atoms with Crippen LogP contribution < -0.4 is 9.64 Å². The molecule has 0 spiro atoms. The summed E-state index contributed by atoms with van der Waals surface area (Å²) in [5.74, 6) is 1.42. The van der Waals surface area contributed by atoms with E-state index in [1.54, 1.807) is 24.5 Å². The number of aromatic nitrogens is 4. The van der Waals surface area contributed by atoms with Crippen LogP contribution >= 0.6 is 11.3 Å². The predicted octanol–water partition coefficient (Wildman–Crippen LogP) is 3.84. The molecule has 0 radical (unpaired) electrons. The summed E-state index contributed by atoms with van der Waals surface area (Å²) in [6.07, 6.45) is 0. The minimum absolute atomic E-state index is 0.117. The third kappa shape index (κ3) is 4.60. The lowest BCUT2D eigenvalue weighted by Gasteiger charge is -2.40. The van der Waals surface area contributed by atoms with E-state index in [1.807, 2.05) is 35.0 Å². The van der Waals surface area contributed by atoms with Crippen molar-refractivity contribution in [2.75, 3.05) is 38.2 Å². The van der Waals surface area contributed by atoms with Crippen LogP contribution in [0.4, 0.5) is 10.1 Å². The number of piperazine rings is 1. The number of halogens is 1. The number of hydrogen-bond acceptors (Lipinski definition) is 7. The van der Waals surface area contributed by atoms with E-state index in [4.69, 9.17) is 4.74 Å². The first kappa shape index (κ1) is 21.5. The van der Waals surface area contributed by atoms with Crippen LogP contribution in [0.15, 0.2) is 66.0 Å². The smallest absolute Gasteiger partial charge is 0.173 e. The molecule has 170 valence electrons. The maximum atomic E-state index is 14.3. The number of tetrazole rings is 1. The van der Waals surface area contributed by atoms with Crippen molar-refractivity contribution in [3.8, 4) is 5.75 Å². The summed E-state index contributed by atoms with van der Waals surface area (Å²) in [6.45, 7) is 3.59. The normalized spacial score (nSPS) is 15.5. The van der Waals surface area contributed by atoms with Crippen molar-refractivity contribution in [2.24, 2.45) is 0 Å². The fourth-order valence-electron chi connectivity index (χ4n) is 4.31. The second-order valence-electron chi connectivity index (χ2n) is 7.92. The lowest BCUT2D eigenvalue weighted by Crippen LogP contribution is -2.48. The molecule has 0 N–H and O–H groups in total. The molecule has 9 heteroatoms. The Balaban J connectivity index is 1.43. The topological polar surface area (TPSA) is 59.3 Å². The van der Waals surface area contributed by atoms with Crippen LogP contribution in [-0.2, 0) is 6.54 Å². The molecule has 1 atom stereocenters. The molecule has 0 bridgehead atoms. The van der Waals surface area contributed by atoms with E-state index in [0.29, 0.717) is 12.2 Å². The zero-order valence-corrected chi connectivity index (χ0v) is 19.2. The van der Waals surface area contributed by atoms with Gasteiger partial charge >= 0.3 is 0 Å². The first-order valence-electron chi connectivity index (χ1n) is 10.9. The van der Waals surface area contributed by atoms with Gasteiger partial charge < -0.3 is 9.64 Å². The van der Waals surface area contributed by atoms with Crippen molar-refractivity contribution in [1.82, 2.24) is 25.1 Å². The van der Waals surface area contributed by atoms with E-state index in [9.17, 15) is 4.39 Å². The van der Waals surface area contributed by atoms with Crippen LogP contribution in [0.1, 0.15) is 22.3 Å². The Labute approximate surface area is 196 Å². The zero-order chi connectivity index (χ0) is 22.6. The summed E-state index contributed by atoms with van der Waals surface area (Å²) in [7, 11) is 1.66. The Morgan fingerprint density at radius 1 is 1.00 bits per heavy atom. The highest BCUT2D eigenvalue weighted by Gasteiger charge is 2.31.